The van der Waals surface area contributed by atoms with E-state index in [1.165, 1.54) is 0 Å². The third-order valence-electron chi connectivity index (χ3n) is 3.47. The monoisotopic (exact) mass is 296 g/mol. The maximum atomic E-state index is 12.6. The zero-order chi connectivity index (χ0) is 14.8. The van der Waals surface area contributed by atoms with E-state index < -0.39 is 10.8 Å². The molecule has 106 valence electrons. The van der Waals surface area contributed by atoms with Gasteiger partial charge in [-0.15, -0.1) is 0 Å². The summed E-state index contributed by atoms with van der Waals surface area (Å²) in [5.74, 6) is 0.480. The molecule has 0 aliphatic heterocycles. The number of nitrogens with zero attached hydrogens (tertiary/aromatic N) is 1. The minimum atomic E-state index is -1.09. The molecule has 0 radical (unpaired) electrons. The topological polar surface area (TPSA) is 56.0 Å². The third-order valence-corrected chi connectivity index (χ3v) is 4.99. The number of nitrogens with two attached hydrogens (primary N) is 1. The van der Waals surface area contributed by atoms with E-state index in [1.807, 2.05) is 49.4 Å². The number of aryl methyl sites for hydroxylation is 1. The molecule has 0 amide bonds. The van der Waals surface area contributed by atoms with Crippen LogP contribution in [0.15, 0.2) is 59.6 Å². The van der Waals surface area contributed by atoms with Crippen molar-refractivity contribution in [2.75, 3.05) is 5.73 Å². The van der Waals surface area contributed by atoms with Crippen molar-refractivity contribution >= 4 is 27.4 Å². The van der Waals surface area contributed by atoms with Gasteiger partial charge in [0.05, 0.1) is 22.1 Å². The molecule has 2 aromatic carbocycles. The minimum absolute atomic E-state index is 0.480. The number of anilines is 1. The maximum Gasteiger partial charge on any atom is 0.0705 e. The lowest BCUT2D eigenvalue weighted by molar-refractivity contribution is 0.682. The van der Waals surface area contributed by atoms with Gasteiger partial charge in [0, 0.05) is 22.2 Å². The fourth-order valence-corrected chi connectivity index (χ4v) is 3.76. The van der Waals surface area contributed by atoms with Crippen LogP contribution in [0.25, 0.3) is 10.9 Å². The van der Waals surface area contributed by atoms with E-state index in [0.29, 0.717) is 11.4 Å². The molecule has 0 fully saturated rings. The zero-order valence-electron chi connectivity index (χ0n) is 11.7. The lowest BCUT2D eigenvalue weighted by Crippen LogP contribution is -2.00. The molecule has 0 bridgehead atoms. The molecule has 1 unspecified atom stereocenters. The first-order valence-electron chi connectivity index (χ1n) is 6.72. The standard InChI is InChI=1S/C17H16N2OS/c1-12-10-14(18)6-7-17(12)21(20)11-13-8-9-19-16-5-3-2-4-15(13)16/h2-10H,11,18H2,1H3. The molecule has 4 heteroatoms. The van der Waals surface area contributed by atoms with Crippen molar-refractivity contribution in [2.45, 2.75) is 17.6 Å². The molecule has 0 spiro atoms. The van der Waals surface area contributed by atoms with Crippen LogP contribution >= 0.6 is 0 Å². The second-order valence-corrected chi connectivity index (χ2v) is 6.42. The van der Waals surface area contributed by atoms with E-state index >= 15 is 0 Å². The van der Waals surface area contributed by atoms with Crippen LogP contribution < -0.4 is 5.73 Å². The molecule has 3 nitrogen and oxygen atoms in total. The number of benzene rings is 2. The lowest BCUT2D eigenvalue weighted by Gasteiger charge is -2.09. The molecule has 2 N–H and O–H groups in total. The summed E-state index contributed by atoms with van der Waals surface area (Å²) in [6.45, 7) is 1.94. The summed E-state index contributed by atoms with van der Waals surface area (Å²) >= 11 is 0. The van der Waals surface area contributed by atoms with Gasteiger partial charge in [0.2, 0.25) is 0 Å². The van der Waals surface area contributed by atoms with Crippen LogP contribution in [-0.4, -0.2) is 9.19 Å². The molecule has 1 heterocycles. The second kappa shape index (κ2) is 5.66. The summed E-state index contributed by atoms with van der Waals surface area (Å²) in [6, 6.07) is 15.4. The Kier molecular flexibility index (Phi) is 3.71. The van der Waals surface area contributed by atoms with Crippen LogP contribution in [0.4, 0.5) is 5.69 Å². The molecule has 3 rings (SSSR count). The first-order valence-corrected chi connectivity index (χ1v) is 8.04. The van der Waals surface area contributed by atoms with E-state index in [1.54, 1.807) is 12.3 Å². The van der Waals surface area contributed by atoms with Crippen molar-refractivity contribution in [3.8, 4) is 0 Å². The molecular weight excluding hydrogens is 280 g/mol. The Morgan fingerprint density at radius 2 is 1.95 bits per heavy atom. The molecular formula is C17H16N2OS. The van der Waals surface area contributed by atoms with Crippen molar-refractivity contribution in [1.29, 1.82) is 0 Å². The zero-order valence-corrected chi connectivity index (χ0v) is 12.6. The normalized spacial score (nSPS) is 12.4. The van der Waals surface area contributed by atoms with Crippen LogP contribution in [0, 0.1) is 6.92 Å². The third kappa shape index (κ3) is 2.81. The van der Waals surface area contributed by atoms with Gasteiger partial charge in [-0.1, -0.05) is 18.2 Å². The average molecular weight is 296 g/mol. The SMILES string of the molecule is Cc1cc(N)ccc1S(=O)Cc1ccnc2ccccc12. The molecule has 1 aromatic heterocycles. The van der Waals surface area contributed by atoms with Crippen molar-refractivity contribution in [3.05, 3.63) is 65.9 Å². The highest BCUT2D eigenvalue weighted by atomic mass is 32.2. The predicted molar refractivity (Wildman–Crippen MR) is 87.4 cm³/mol. The highest BCUT2D eigenvalue weighted by Crippen LogP contribution is 2.22. The molecule has 0 saturated carbocycles. The molecule has 1 atom stereocenters. The van der Waals surface area contributed by atoms with Crippen LogP contribution in [-0.2, 0) is 16.6 Å². The van der Waals surface area contributed by atoms with Crippen LogP contribution in [0.3, 0.4) is 0 Å². The Hall–Kier alpha value is -2.20. The van der Waals surface area contributed by atoms with Crippen LogP contribution in [0.2, 0.25) is 0 Å². The quantitative estimate of drug-likeness (QED) is 0.753. The largest absolute Gasteiger partial charge is 0.399 e. The summed E-state index contributed by atoms with van der Waals surface area (Å²) in [5, 5.41) is 1.06. The Balaban J connectivity index is 1.97. The minimum Gasteiger partial charge on any atom is -0.399 e. The van der Waals surface area contributed by atoms with Crippen molar-refractivity contribution in [2.24, 2.45) is 0 Å². The van der Waals surface area contributed by atoms with Gasteiger partial charge in [0.25, 0.3) is 0 Å². The number of hydrogen-bond acceptors (Lipinski definition) is 3. The van der Waals surface area contributed by atoms with Gasteiger partial charge in [-0.2, -0.15) is 0 Å². The highest BCUT2D eigenvalue weighted by Gasteiger charge is 2.10. The number of hydrogen-bond donors (Lipinski definition) is 1. The first kappa shape index (κ1) is 13.8. The molecule has 0 saturated heterocycles. The molecule has 21 heavy (non-hydrogen) atoms. The highest BCUT2D eigenvalue weighted by molar-refractivity contribution is 7.84. The van der Waals surface area contributed by atoms with E-state index in [0.717, 1.165) is 26.9 Å². The van der Waals surface area contributed by atoms with E-state index in [-0.39, 0.29) is 0 Å². The van der Waals surface area contributed by atoms with Gasteiger partial charge in [-0.25, -0.2) is 0 Å². The summed E-state index contributed by atoms with van der Waals surface area (Å²) in [6.07, 6.45) is 1.77. The van der Waals surface area contributed by atoms with Crippen molar-refractivity contribution < 1.29 is 4.21 Å². The van der Waals surface area contributed by atoms with E-state index in [9.17, 15) is 4.21 Å². The summed E-state index contributed by atoms with van der Waals surface area (Å²) in [4.78, 5) is 5.17. The van der Waals surface area contributed by atoms with Crippen molar-refractivity contribution in [3.63, 3.8) is 0 Å². The smallest absolute Gasteiger partial charge is 0.0705 e. The van der Waals surface area contributed by atoms with Gasteiger partial charge < -0.3 is 5.73 Å². The van der Waals surface area contributed by atoms with Gasteiger partial charge in [-0.05, 0) is 48.4 Å². The number of nitrogen functional groups attached to an aromatic ring is 1. The number of pyridine rings is 1. The summed E-state index contributed by atoms with van der Waals surface area (Å²) in [7, 11) is -1.09. The Bertz CT molecular complexity index is 825. The number of rotatable bonds is 3. The van der Waals surface area contributed by atoms with Gasteiger partial charge in [0.15, 0.2) is 0 Å². The molecule has 3 aromatic rings. The fourth-order valence-electron chi connectivity index (χ4n) is 2.43. The van der Waals surface area contributed by atoms with Gasteiger partial charge in [0.1, 0.15) is 0 Å². The van der Waals surface area contributed by atoms with Crippen LogP contribution in [0.5, 0.6) is 0 Å². The van der Waals surface area contributed by atoms with Gasteiger partial charge in [-0.3, -0.25) is 9.19 Å². The van der Waals surface area contributed by atoms with Crippen LogP contribution in [0.1, 0.15) is 11.1 Å². The Morgan fingerprint density at radius 1 is 1.14 bits per heavy atom. The summed E-state index contributed by atoms with van der Waals surface area (Å²) < 4.78 is 12.6. The fraction of sp³-hybridized carbons (Fsp3) is 0.118. The van der Waals surface area contributed by atoms with E-state index in [4.69, 9.17) is 5.73 Å². The Morgan fingerprint density at radius 3 is 2.76 bits per heavy atom. The first-order chi connectivity index (χ1) is 10.1. The second-order valence-electron chi connectivity index (χ2n) is 5.00. The summed E-state index contributed by atoms with van der Waals surface area (Å²) in [5.41, 5.74) is 9.39. The maximum absolute atomic E-state index is 12.6. The average Bonchev–Trinajstić information content (AvgIpc) is 2.47. The van der Waals surface area contributed by atoms with Crippen molar-refractivity contribution in [1.82, 2.24) is 4.98 Å². The lowest BCUT2D eigenvalue weighted by atomic mass is 10.1. The Labute approximate surface area is 126 Å². The predicted octanol–water partition coefficient (Wildman–Crippen LogP) is 3.43. The molecule has 0 aliphatic rings. The van der Waals surface area contributed by atoms with E-state index in [2.05, 4.69) is 4.98 Å². The van der Waals surface area contributed by atoms with Gasteiger partial charge >= 0.3 is 0 Å². The number of para-hydroxylation sites is 1. The number of fused-ring (bicyclic) bond motifs is 1. The molecule has 0 aliphatic carbocycles. The number of aromatic nitrogens is 1.